The molecule has 3 N–H and O–H groups in total. The topological polar surface area (TPSA) is 64.4 Å². The third kappa shape index (κ3) is 2.40. The minimum atomic E-state index is -0.700. The Morgan fingerprint density at radius 3 is 3.13 bits per heavy atom. The molecule has 1 heterocycles. The maximum atomic E-state index is 10.5. The summed E-state index contributed by atoms with van der Waals surface area (Å²) in [5, 5.41) is 3.30. The van der Waals surface area contributed by atoms with Gasteiger partial charge in [0.05, 0.1) is 6.61 Å². The molecule has 2 rings (SSSR count). The van der Waals surface area contributed by atoms with Gasteiger partial charge in [-0.05, 0) is 18.1 Å². The molecular formula is C11H14N2O2. The van der Waals surface area contributed by atoms with Crippen LogP contribution in [0.2, 0.25) is 0 Å². The number of rotatable bonds is 2. The molecule has 0 aliphatic carbocycles. The van der Waals surface area contributed by atoms with E-state index in [2.05, 4.69) is 17.4 Å². The number of para-hydroxylation sites is 1. The number of carbonyl (C=O) groups is 1. The van der Waals surface area contributed by atoms with Crippen LogP contribution in [0.3, 0.4) is 0 Å². The van der Waals surface area contributed by atoms with Crippen molar-refractivity contribution >= 4 is 11.8 Å². The minimum absolute atomic E-state index is 0.312. The normalized spacial score (nSPS) is 18.8. The van der Waals surface area contributed by atoms with Gasteiger partial charge < -0.3 is 15.8 Å². The smallest absolute Gasteiger partial charge is 0.404 e. The zero-order valence-electron chi connectivity index (χ0n) is 8.40. The largest absolute Gasteiger partial charge is 0.449 e. The van der Waals surface area contributed by atoms with Gasteiger partial charge in [0.1, 0.15) is 0 Å². The van der Waals surface area contributed by atoms with E-state index in [0.717, 1.165) is 13.0 Å². The van der Waals surface area contributed by atoms with Gasteiger partial charge >= 0.3 is 6.09 Å². The molecule has 1 unspecified atom stereocenters. The lowest BCUT2D eigenvalue weighted by atomic mass is 9.95. The van der Waals surface area contributed by atoms with Crippen molar-refractivity contribution in [3.63, 3.8) is 0 Å². The second kappa shape index (κ2) is 4.21. The number of fused-ring (bicyclic) bond motifs is 1. The fourth-order valence-electron chi connectivity index (χ4n) is 1.83. The predicted molar refractivity (Wildman–Crippen MR) is 57.7 cm³/mol. The van der Waals surface area contributed by atoms with E-state index in [1.54, 1.807) is 0 Å². The third-order valence-corrected chi connectivity index (χ3v) is 2.57. The second-order valence-corrected chi connectivity index (χ2v) is 3.74. The lowest BCUT2D eigenvalue weighted by Crippen LogP contribution is -2.29. The molecule has 0 bridgehead atoms. The van der Waals surface area contributed by atoms with Crippen LogP contribution < -0.4 is 11.1 Å². The highest BCUT2D eigenvalue weighted by atomic mass is 16.5. The molecule has 4 nitrogen and oxygen atoms in total. The van der Waals surface area contributed by atoms with Gasteiger partial charge in [-0.15, -0.1) is 0 Å². The monoisotopic (exact) mass is 206 g/mol. The van der Waals surface area contributed by atoms with Gasteiger partial charge in [-0.3, -0.25) is 0 Å². The van der Waals surface area contributed by atoms with Crippen LogP contribution in [0, 0.1) is 5.92 Å². The summed E-state index contributed by atoms with van der Waals surface area (Å²) in [5.41, 5.74) is 7.36. The molecule has 0 aromatic heterocycles. The lowest BCUT2D eigenvalue weighted by Gasteiger charge is -2.25. The molecule has 0 radical (unpaired) electrons. The first-order valence-corrected chi connectivity index (χ1v) is 4.99. The Bertz CT molecular complexity index is 365. The van der Waals surface area contributed by atoms with Gasteiger partial charge in [0.25, 0.3) is 0 Å². The van der Waals surface area contributed by atoms with Crippen molar-refractivity contribution in [1.82, 2.24) is 0 Å². The average Bonchev–Trinajstić information content (AvgIpc) is 2.26. The molecule has 4 heteroatoms. The first-order valence-electron chi connectivity index (χ1n) is 4.99. The minimum Gasteiger partial charge on any atom is -0.449 e. The quantitative estimate of drug-likeness (QED) is 0.768. The number of carbonyl (C=O) groups excluding carboxylic acids is 1. The molecule has 0 saturated carbocycles. The summed E-state index contributed by atoms with van der Waals surface area (Å²) in [4.78, 5) is 10.5. The molecule has 1 aromatic rings. The first-order chi connectivity index (χ1) is 7.25. The molecule has 1 amide bonds. The number of nitrogens with two attached hydrogens (primary N) is 1. The summed E-state index contributed by atoms with van der Waals surface area (Å²) < 4.78 is 4.80. The van der Waals surface area contributed by atoms with E-state index in [9.17, 15) is 4.79 Å². The molecule has 0 fully saturated rings. The van der Waals surface area contributed by atoms with Crippen molar-refractivity contribution < 1.29 is 9.53 Å². The van der Waals surface area contributed by atoms with Gasteiger partial charge in [0.2, 0.25) is 0 Å². The standard InChI is InChI=1S/C11H14N2O2/c12-11(14)15-7-8-5-9-3-1-2-4-10(9)13-6-8/h1-4,8,13H,5-7H2,(H2,12,14). The van der Waals surface area contributed by atoms with Crippen LogP contribution in [0.5, 0.6) is 0 Å². The molecule has 1 aliphatic rings. The number of hydrogen-bond acceptors (Lipinski definition) is 3. The van der Waals surface area contributed by atoms with Crippen molar-refractivity contribution in [3.05, 3.63) is 29.8 Å². The molecule has 1 aliphatic heterocycles. The zero-order chi connectivity index (χ0) is 10.7. The number of primary amides is 1. The highest BCUT2D eigenvalue weighted by Crippen LogP contribution is 2.24. The van der Waals surface area contributed by atoms with Crippen molar-refractivity contribution in [1.29, 1.82) is 0 Å². The van der Waals surface area contributed by atoms with Gasteiger partial charge in [0.15, 0.2) is 0 Å². The fraction of sp³-hybridized carbons (Fsp3) is 0.364. The van der Waals surface area contributed by atoms with Crippen LogP contribution in [0.4, 0.5) is 10.5 Å². The summed E-state index contributed by atoms with van der Waals surface area (Å²) in [6.07, 6.45) is 0.227. The van der Waals surface area contributed by atoms with E-state index in [0.29, 0.717) is 12.5 Å². The summed E-state index contributed by atoms with van der Waals surface area (Å²) in [6.45, 7) is 1.21. The summed E-state index contributed by atoms with van der Waals surface area (Å²) in [6, 6.07) is 8.16. The number of anilines is 1. The summed E-state index contributed by atoms with van der Waals surface area (Å²) in [7, 11) is 0. The second-order valence-electron chi connectivity index (χ2n) is 3.74. The van der Waals surface area contributed by atoms with Crippen LogP contribution >= 0.6 is 0 Å². The van der Waals surface area contributed by atoms with Crippen LogP contribution in [0.25, 0.3) is 0 Å². The van der Waals surface area contributed by atoms with Crippen LogP contribution in [0.15, 0.2) is 24.3 Å². The molecule has 0 spiro atoms. The number of benzene rings is 1. The van der Waals surface area contributed by atoms with Crippen LogP contribution in [0.1, 0.15) is 5.56 Å². The average molecular weight is 206 g/mol. The SMILES string of the molecule is NC(=O)OCC1CNc2ccccc2C1. The van der Waals surface area contributed by atoms with E-state index in [-0.39, 0.29) is 0 Å². The van der Waals surface area contributed by atoms with E-state index in [1.807, 2.05) is 12.1 Å². The molecule has 1 aromatic carbocycles. The van der Waals surface area contributed by atoms with Gasteiger partial charge in [-0.1, -0.05) is 18.2 Å². The van der Waals surface area contributed by atoms with Crippen molar-refractivity contribution in [3.8, 4) is 0 Å². The Labute approximate surface area is 88.4 Å². The number of amides is 1. The maximum absolute atomic E-state index is 10.5. The molecule has 80 valence electrons. The van der Waals surface area contributed by atoms with Crippen molar-refractivity contribution in [2.75, 3.05) is 18.5 Å². The predicted octanol–water partition coefficient (Wildman–Crippen LogP) is 1.37. The zero-order valence-corrected chi connectivity index (χ0v) is 8.40. The van der Waals surface area contributed by atoms with E-state index < -0.39 is 6.09 Å². The molecule has 15 heavy (non-hydrogen) atoms. The fourth-order valence-corrected chi connectivity index (χ4v) is 1.83. The molecule has 0 saturated heterocycles. The Kier molecular flexibility index (Phi) is 2.76. The Balaban J connectivity index is 1.96. The Hall–Kier alpha value is -1.71. The third-order valence-electron chi connectivity index (χ3n) is 2.57. The number of nitrogens with one attached hydrogen (secondary N) is 1. The van der Waals surface area contributed by atoms with Gasteiger partial charge in [0, 0.05) is 18.2 Å². The van der Waals surface area contributed by atoms with Gasteiger partial charge in [-0.25, -0.2) is 4.79 Å². The Morgan fingerprint density at radius 1 is 1.53 bits per heavy atom. The number of hydrogen-bond donors (Lipinski definition) is 2. The number of ether oxygens (including phenoxy) is 1. The van der Waals surface area contributed by atoms with Crippen molar-refractivity contribution in [2.24, 2.45) is 11.7 Å². The Morgan fingerprint density at radius 2 is 2.33 bits per heavy atom. The van der Waals surface area contributed by atoms with Crippen molar-refractivity contribution in [2.45, 2.75) is 6.42 Å². The molecule has 1 atom stereocenters. The van der Waals surface area contributed by atoms with E-state index >= 15 is 0 Å². The van der Waals surface area contributed by atoms with Crippen LogP contribution in [-0.4, -0.2) is 19.2 Å². The summed E-state index contributed by atoms with van der Waals surface area (Å²) >= 11 is 0. The van der Waals surface area contributed by atoms with E-state index in [4.69, 9.17) is 10.5 Å². The highest BCUT2D eigenvalue weighted by Gasteiger charge is 2.18. The lowest BCUT2D eigenvalue weighted by molar-refractivity contribution is 0.138. The maximum Gasteiger partial charge on any atom is 0.404 e. The summed E-state index contributed by atoms with van der Waals surface area (Å²) in [5.74, 6) is 0.312. The first kappa shape index (κ1) is 9.83. The molecular weight excluding hydrogens is 192 g/mol. The van der Waals surface area contributed by atoms with E-state index in [1.165, 1.54) is 11.3 Å². The highest BCUT2D eigenvalue weighted by molar-refractivity contribution is 5.64. The van der Waals surface area contributed by atoms with Crippen LogP contribution in [-0.2, 0) is 11.2 Å². The van der Waals surface area contributed by atoms with Gasteiger partial charge in [-0.2, -0.15) is 0 Å².